The van der Waals surface area contributed by atoms with E-state index in [2.05, 4.69) is 10.0 Å². The third-order valence-electron chi connectivity index (χ3n) is 1.76. The molecule has 0 aliphatic heterocycles. The zero-order valence-corrected chi connectivity index (χ0v) is 9.86. The minimum absolute atomic E-state index is 0.0724. The molecule has 0 saturated carbocycles. The molecule has 0 aliphatic rings. The molecule has 0 radical (unpaired) electrons. The van der Waals surface area contributed by atoms with Crippen LogP contribution in [0.5, 0.6) is 0 Å². The van der Waals surface area contributed by atoms with Crippen LogP contribution >= 0.6 is 0 Å². The molecular weight excluding hydrogens is 204 g/mol. The molecule has 14 heavy (non-hydrogen) atoms. The van der Waals surface area contributed by atoms with E-state index >= 15 is 0 Å². The van der Waals surface area contributed by atoms with E-state index in [0.717, 1.165) is 0 Å². The van der Waals surface area contributed by atoms with Crippen molar-refractivity contribution in [3.05, 3.63) is 0 Å². The Hall–Kier alpha value is -0.170. The van der Waals surface area contributed by atoms with Crippen molar-refractivity contribution in [2.24, 2.45) is 0 Å². The van der Waals surface area contributed by atoms with Crippen LogP contribution in [0, 0.1) is 0 Å². The number of hydrogen-bond acceptors (Lipinski definition) is 4. The second-order valence-corrected chi connectivity index (χ2v) is 5.10. The monoisotopic (exact) mass is 224 g/mol. The third kappa shape index (κ3) is 7.25. The first-order valence-corrected chi connectivity index (χ1v) is 6.30. The summed E-state index contributed by atoms with van der Waals surface area (Å²) in [4.78, 5) is 0. The van der Waals surface area contributed by atoms with Gasteiger partial charge in [-0.25, -0.2) is 13.1 Å². The van der Waals surface area contributed by atoms with Crippen molar-refractivity contribution in [3.8, 4) is 0 Å². The SMILES string of the molecule is CNCCS(=O)(=O)NC(C)CCOC. The maximum Gasteiger partial charge on any atom is 0.213 e. The Bertz CT molecular complexity index is 229. The van der Waals surface area contributed by atoms with Gasteiger partial charge < -0.3 is 10.1 Å². The van der Waals surface area contributed by atoms with Crippen LogP contribution in [0.4, 0.5) is 0 Å². The van der Waals surface area contributed by atoms with Crippen LogP contribution in [0.3, 0.4) is 0 Å². The molecule has 5 nitrogen and oxygen atoms in total. The summed E-state index contributed by atoms with van der Waals surface area (Å²) in [6, 6.07) is -0.0724. The molecule has 0 rings (SSSR count). The first kappa shape index (κ1) is 13.8. The molecule has 0 amide bonds. The average Bonchev–Trinajstić information content (AvgIpc) is 2.11. The Labute approximate surface area is 86.3 Å². The van der Waals surface area contributed by atoms with Crippen LogP contribution in [-0.2, 0) is 14.8 Å². The summed E-state index contributed by atoms with van der Waals surface area (Å²) in [6.45, 7) is 2.86. The van der Waals surface area contributed by atoms with E-state index in [1.165, 1.54) is 0 Å². The van der Waals surface area contributed by atoms with Crippen molar-refractivity contribution < 1.29 is 13.2 Å². The standard InChI is InChI=1S/C8H20N2O3S/c1-8(4-6-13-3)10-14(11,12)7-5-9-2/h8-10H,4-7H2,1-3H3. The highest BCUT2D eigenvalue weighted by molar-refractivity contribution is 7.89. The predicted octanol–water partition coefficient (Wildman–Crippen LogP) is -0.450. The van der Waals surface area contributed by atoms with E-state index < -0.39 is 10.0 Å². The van der Waals surface area contributed by atoms with Gasteiger partial charge in [0, 0.05) is 26.3 Å². The second-order valence-electron chi connectivity index (χ2n) is 3.22. The Kier molecular flexibility index (Phi) is 7.08. The number of nitrogens with one attached hydrogen (secondary N) is 2. The Balaban J connectivity index is 3.83. The second kappa shape index (κ2) is 7.17. The minimum atomic E-state index is -3.14. The van der Waals surface area contributed by atoms with Gasteiger partial charge >= 0.3 is 0 Å². The number of rotatable bonds is 8. The van der Waals surface area contributed by atoms with Crippen LogP contribution < -0.4 is 10.0 Å². The molecule has 0 spiro atoms. The number of sulfonamides is 1. The van der Waals surface area contributed by atoms with Crippen molar-refractivity contribution in [2.45, 2.75) is 19.4 Å². The molecule has 0 aromatic carbocycles. The van der Waals surface area contributed by atoms with E-state index in [-0.39, 0.29) is 11.8 Å². The highest BCUT2D eigenvalue weighted by Gasteiger charge is 2.13. The molecule has 1 unspecified atom stereocenters. The van der Waals surface area contributed by atoms with E-state index in [9.17, 15) is 8.42 Å². The van der Waals surface area contributed by atoms with Crippen LogP contribution in [0.1, 0.15) is 13.3 Å². The van der Waals surface area contributed by atoms with Gasteiger partial charge in [-0.1, -0.05) is 0 Å². The smallest absolute Gasteiger partial charge is 0.213 e. The maximum absolute atomic E-state index is 11.4. The normalized spacial score (nSPS) is 14.2. The molecule has 0 bridgehead atoms. The molecule has 1 atom stereocenters. The lowest BCUT2D eigenvalue weighted by atomic mass is 10.3. The predicted molar refractivity (Wildman–Crippen MR) is 56.8 cm³/mol. The van der Waals surface area contributed by atoms with E-state index in [0.29, 0.717) is 19.6 Å². The number of hydrogen-bond donors (Lipinski definition) is 2. The first-order chi connectivity index (χ1) is 6.52. The molecule has 2 N–H and O–H groups in total. The summed E-state index contributed by atoms with van der Waals surface area (Å²) in [5.74, 6) is 0.112. The van der Waals surface area contributed by atoms with Gasteiger partial charge in [-0.05, 0) is 20.4 Å². The summed E-state index contributed by atoms with van der Waals surface area (Å²) >= 11 is 0. The van der Waals surface area contributed by atoms with Gasteiger partial charge in [0.2, 0.25) is 10.0 Å². The fraction of sp³-hybridized carbons (Fsp3) is 1.00. The maximum atomic E-state index is 11.4. The van der Waals surface area contributed by atoms with Gasteiger partial charge in [-0.2, -0.15) is 0 Å². The zero-order chi connectivity index (χ0) is 11.0. The van der Waals surface area contributed by atoms with Gasteiger partial charge in [0.05, 0.1) is 5.75 Å². The van der Waals surface area contributed by atoms with Crippen molar-refractivity contribution in [3.63, 3.8) is 0 Å². The lowest BCUT2D eigenvalue weighted by molar-refractivity contribution is 0.188. The molecule has 0 heterocycles. The Morgan fingerprint density at radius 1 is 1.43 bits per heavy atom. The van der Waals surface area contributed by atoms with E-state index in [1.54, 1.807) is 14.2 Å². The average molecular weight is 224 g/mol. The third-order valence-corrected chi connectivity index (χ3v) is 3.26. The summed E-state index contributed by atoms with van der Waals surface area (Å²) in [6.07, 6.45) is 0.690. The lowest BCUT2D eigenvalue weighted by Crippen LogP contribution is -2.37. The van der Waals surface area contributed by atoms with Gasteiger partial charge in [0.1, 0.15) is 0 Å². The number of methoxy groups -OCH3 is 1. The largest absolute Gasteiger partial charge is 0.385 e. The van der Waals surface area contributed by atoms with Crippen molar-refractivity contribution in [1.29, 1.82) is 0 Å². The van der Waals surface area contributed by atoms with E-state index in [4.69, 9.17) is 4.74 Å². The van der Waals surface area contributed by atoms with Crippen molar-refractivity contribution in [2.75, 3.05) is 33.1 Å². The summed E-state index contributed by atoms with van der Waals surface area (Å²) in [7, 11) is 0.184. The van der Waals surface area contributed by atoms with Gasteiger partial charge in [0.25, 0.3) is 0 Å². The summed E-state index contributed by atoms with van der Waals surface area (Å²) in [5.41, 5.74) is 0. The molecule has 6 heteroatoms. The van der Waals surface area contributed by atoms with Crippen LogP contribution in [0.25, 0.3) is 0 Å². The molecule has 86 valence electrons. The molecule has 0 aromatic rings. The lowest BCUT2D eigenvalue weighted by Gasteiger charge is -2.13. The van der Waals surface area contributed by atoms with Crippen LogP contribution in [-0.4, -0.2) is 47.5 Å². The van der Waals surface area contributed by atoms with Crippen molar-refractivity contribution in [1.82, 2.24) is 10.0 Å². The summed E-state index contributed by atoms with van der Waals surface area (Å²) in [5, 5.41) is 2.80. The molecule has 0 saturated heterocycles. The highest BCUT2D eigenvalue weighted by Crippen LogP contribution is 1.94. The quantitative estimate of drug-likeness (QED) is 0.586. The fourth-order valence-electron chi connectivity index (χ4n) is 0.955. The molecule has 0 fully saturated rings. The molecule has 0 aromatic heterocycles. The Morgan fingerprint density at radius 3 is 2.57 bits per heavy atom. The van der Waals surface area contributed by atoms with Gasteiger partial charge in [-0.3, -0.25) is 0 Å². The highest BCUT2D eigenvalue weighted by atomic mass is 32.2. The van der Waals surface area contributed by atoms with Gasteiger partial charge in [0.15, 0.2) is 0 Å². The van der Waals surface area contributed by atoms with E-state index in [1.807, 2.05) is 6.92 Å². The Morgan fingerprint density at radius 2 is 2.07 bits per heavy atom. The molecule has 0 aliphatic carbocycles. The first-order valence-electron chi connectivity index (χ1n) is 4.65. The summed E-state index contributed by atoms with van der Waals surface area (Å²) < 4.78 is 30.2. The minimum Gasteiger partial charge on any atom is -0.385 e. The van der Waals surface area contributed by atoms with Crippen LogP contribution in [0.2, 0.25) is 0 Å². The van der Waals surface area contributed by atoms with Gasteiger partial charge in [-0.15, -0.1) is 0 Å². The topological polar surface area (TPSA) is 67.4 Å². The zero-order valence-electron chi connectivity index (χ0n) is 9.04. The molecular formula is C8H20N2O3S. The van der Waals surface area contributed by atoms with Crippen molar-refractivity contribution >= 4 is 10.0 Å². The van der Waals surface area contributed by atoms with Crippen LogP contribution in [0.15, 0.2) is 0 Å². The fourth-order valence-corrected chi connectivity index (χ4v) is 2.28. The number of ether oxygens (including phenoxy) is 1.